The largest absolute Gasteiger partial charge is 0.349 e. The molecule has 0 aromatic heterocycles. The average molecular weight is 272 g/mol. The first kappa shape index (κ1) is 14.2. The molecule has 104 valence electrons. The molecular weight excluding hydrogens is 246 g/mol. The Morgan fingerprint density at radius 2 is 1.78 bits per heavy atom. The van der Waals surface area contributed by atoms with Crippen LogP contribution < -0.4 is 5.32 Å². The van der Waals surface area contributed by atoms with Crippen LogP contribution >= 0.6 is 11.6 Å². The second-order valence-corrected chi connectivity index (χ2v) is 7.09. The lowest BCUT2D eigenvalue weighted by Gasteiger charge is -2.40. The van der Waals surface area contributed by atoms with Crippen molar-refractivity contribution in [3.05, 3.63) is 0 Å². The van der Waals surface area contributed by atoms with Crippen molar-refractivity contribution in [3.8, 4) is 0 Å². The van der Waals surface area contributed by atoms with Gasteiger partial charge in [-0.2, -0.15) is 0 Å². The van der Waals surface area contributed by atoms with Gasteiger partial charge in [-0.15, -0.1) is 11.6 Å². The van der Waals surface area contributed by atoms with Gasteiger partial charge in [-0.1, -0.05) is 26.7 Å². The third kappa shape index (κ3) is 2.84. The van der Waals surface area contributed by atoms with Gasteiger partial charge in [0.05, 0.1) is 5.54 Å². The van der Waals surface area contributed by atoms with E-state index >= 15 is 0 Å². The van der Waals surface area contributed by atoms with Gasteiger partial charge in [0.2, 0.25) is 5.91 Å². The van der Waals surface area contributed by atoms with Gasteiger partial charge < -0.3 is 5.32 Å². The molecule has 0 unspecified atom stereocenters. The van der Waals surface area contributed by atoms with Crippen LogP contribution in [0.1, 0.15) is 65.2 Å². The van der Waals surface area contributed by atoms with Crippen LogP contribution in [-0.2, 0) is 4.79 Å². The normalized spacial score (nSPS) is 35.4. The second-order valence-electron chi connectivity index (χ2n) is 6.82. The Balaban J connectivity index is 1.99. The van der Waals surface area contributed by atoms with Crippen molar-refractivity contribution in [2.75, 3.05) is 5.88 Å². The Bertz CT molecular complexity index is 302. The van der Waals surface area contributed by atoms with Crippen LogP contribution in [0.25, 0.3) is 0 Å². The van der Waals surface area contributed by atoms with E-state index in [4.69, 9.17) is 11.6 Å². The van der Waals surface area contributed by atoms with E-state index in [-0.39, 0.29) is 16.9 Å². The number of rotatable bonds is 3. The van der Waals surface area contributed by atoms with Gasteiger partial charge in [0.25, 0.3) is 0 Å². The summed E-state index contributed by atoms with van der Waals surface area (Å²) in [6.07, 6.45) is 8.90. The summed E-state index contributed by atoms with van der Waals surface area (Å²) in [6, 6.07) is 0. The quantitative estimate of drug-likeness (QED) is 0.776. The number of nitrogens with one attached hydrogen (secondary N) is 1. The molecule has 1 amide bonds. The van der Waals surface area contributed by atoms with Crippen LogP contribution in [0, 0.1) is 11.3 Å². The fraction of sp³-hybridized carbons (Fsp3) is 0.933. The molecule has 0 heterocycles. The van der Waals surface area contributed by atoms with Crippen molar-refractivity contribution < 1.29 is 4.79 Å². The molecule has 0 atom stereocenters. The SMILES string of the molecule is CC1CCC(CCl)(NC(=O)C2(C)CCCC2)CC1. The fourth-order valence-corrected chi connectivity index (χ4v) is 3.71. The van der Waals surface area contributed by atoms with Crippen molar-refractivity contribution in [1.82, 2.24) is 5.32 Å². The Kier molecular flexibility index (Phi) is 4.25. The number of alkyl halides is 1. The van der Waals surface area contributed by atoms with Gasteiger partial charge in [-0.05, 0) is 44.4 Å². The predicted octanol–water partition coefficient (Wildman–Crippen LogP) is 3.87. The van der Waals surface area contributed by atoms with E-state index in [9.17, 15) is 4.79 Å². The van der Waals surface area contributed by atoms with Gasteiger partial charge in [0, 0.05) is 11.3 Å². The molecule has 0 spiro atoms. The Morgan fingerprint density at radius 3 is 2.28 bits per heavy atom. The van der Waals surface area contributed by atoms with E-state index in [1.165, 1.54) is 25.7 Å². The van der Waals surface area contributed by atoms with Crippen molar-refractivity contribution in [2.24, 2.45) is 11.3 Å². The topological polar surface area (TPSA) is 29.1 Å². The summed E-state index contributed by atoms with van der Waals surface area (Å²) in [5.74, 6) is 1.58. The highest BCUT2D eigenvalue weighted by Gasteiger charge is 2.41. The molecule has 0 radical (unpaired) electrons. The molecule has 2 aliphatic carbocycles. The first-order valence-electron chi connectivity index (χ1n) is 7.38. The zero-order valence-electron chi connectivity index (χ0n) is 11.7. The molecule has 18 heavy (non-hydrogen) atoms. The van der Waals surface area contributed by atoms with E-state index in [1.807, 2.05) is 0 Å². The maximum absolute atomic E-state index is 12.5. The van der Waals surface area contributed by atoms with E-state index in [0.29, 0.717) is 5.88 Å². The Morgan fingerprint density at radius 1 is 1.22 bits per heavy atom. The molecule has 2 saturated carbocycles. The predicted molar refractivity (Wildman–Crippen MR) is 75.8 cm³/mol. The minimum absolute atomic E-state index is 0.128. The summed E-state index contributed by atoms with van der Waals surface area (Å²) in [7, 11) is 0. The first-order valence-corrected chi connectivity index (χ1v) is 7.92. The molecule has 0 bridgehead atoms. The summed E-state index contributed by atoms with van der Waals surface area (Å²) in [5.41, 5.74) is -0.265. The van der Waals surface area contributed by atoms with Crippen LogP contribution in [0.3, 0.4) is 0 Å². The summed E-state index contributed by atoms with van der Waals surface area (Å²) in [6.45, 7) is 4.40. The second kappa shape index (κ2) is 5.40. The lowest BCUT2D eigenvalue weighted by molar-refractivity contribution is -0.132. The molecular formula is C15H26ClNO. The molecule has 0 aromatic carbocycles. The molecule has 3 heteroatoms. The van der Waals surface area contributed by atoms with Gasteiger partial charge in [-0.25, -0.2) is 0 Å². The van der Waals surface area contributed by atoms with Gasteiger partial charge in [0.1, 0.15) is 0 Å². The molecule has 2 rings (SSSR count). The summed E-state index contributed by atoms with van der Waals surface area (Å²) < 4.78 is 0. The average Bonchev–Trinajstić information content (AvgIpc) is 2.81. The molecule has 2 nitrogen and oxygen atoms in total. The number of hydrogen-bond donors (Lipinski definition) is 1. The van der Waals surface area contributed by atoms with Crippen LogP contribution in [0.5, 0.6) is 0 Å². The zero-order valence-corrected chi connectivity index (χ0v) is 12.5. The lowest BCUT2D eigenvalue weighted by atomic mass is 9.77. The van der Waals surface area contributed by atoms with E-state index < -0.39 is 0 Å². The van der Waals surface area contributed by atoms with Gasteiger partial charge >= 0.3 is 0 Å². The van der Waals surface area contributed by atoms with E-state index in [0.717, 1.165) is 31.6 Å². The zero-order chi connectivity index (χ0) is 13.2. The molecule has 2 aliphatic rings. The Labute approximate surface area is 116 Å². The van der Waals surface area contributed by atoms with Crippen molar-refractivity contribution in [3.63, 3.8) is 0 Å². The molecule has 1 N–H and O–H groups in total. The number of carbonyl (C=O) groups is 1. The monoisotopic (exact) mass is 271 g/mol. The van der Waals surface area contributed by atoms with Crippen LogP contribution in [0.4, 0.5) is 0 Å². The van der Waals surface area contributed by atoms with Gasteiger partial charge in [0.15, 0.2) is 0 Å². The number of halogens is 1. The summed E-state index contributed by atoms with van der Waals surface area (Å²) in [5, 5.41) is 3.31. The number of hydrogen-bond acceptors (Lipinski definition) is 1. The van der Waals surface area contributed by atoms with Crippen LogP contribution in [0.15, 0.2) is 0 Å². The van der Waals surface area contributed by atoms with E-state index in [2.05, 4.69) is 19.2 Å². The van der Waals surface area contributed by atoms with Crippen molar-refractivity contribution >= 4 is 17.5 Å². The maximum Gasteiger partial charge on any atom is 0.226 e. The highest BCUT2D eigenvalue weighted by atomic mass is 35.5. The first-order chi connectivity index (χ1) is 8.50. The fourth-order valence-electron chi connectivity index (χ4n) is 3.38. The molecule has 2 fully saturated rings. The van der Waals surface area contributed by atoms with Crippen LogP contribution in [-0.4, -0.2) is 17.3 Å². The van der Waals surface area contributed by atoms with E-state index in [1.54, 1.807) is 0 Å². The number of amides is 1. The minimum atomic E-state index is -0.137. The molecule has 0 saturated heterocycles. The maximum atomic E-state index is 12.5. The van der Waals surface area contributed by atoms with Gasteiger partial charge in [-0.3, -0.25) is 4.79 Å². The summed E-state index contributed by atoms with van der Waals surface area (Å²) >= 11 is 6.17. The molecule has 0 aliphatic heterocycles. The Hall–Kier alpha value is -0.240. The van der Waals surface area contributed by atoms with Crippen molar-refractivity contribution in [2.45, 2.75) is 70.8 Å². The standard InChI is InChI=1S/C15H26ClNO/c1-12-5-9-15(11-16,10-6-12)17-13(18)14(2)7-3-4-8-14/h12H,3-11H2,1-2H3,(H,17,18). The summed E-state index contributed by atoms with van der Waals surface area (Å²) in [4.78, 5) is 12.5. The highest BCUT2D eigenvalue weighted by Crippen LogP contribution is 2.40. The number of carbonyl (C=O) groups excluding carboxylic acids is 1. The highest BCUT2D eigenvalue weighted by molar-refractivity contribution is 6.18. The third-order valence-electron chi connectivity index (χ3n) is 5.12. The lowest BCUT2D eigenvalue weighted by Crippen LogP contribution is -2.55. The van der Waals surface area contributed by atoms with Crippen LogP contribution in [0.2, 0.25) is 0 Å². The van der Waals surface area contributed by atoms with Crippen molar-refractivity contribution in [1.29, 1.82) is 0 Å². The third-order valence-corrected chi connectivity index (χ3v) is 5.63. The molecule has 0 aromatic rings. The smallest absolute Gasteiger partial charge is 0.226 e. The minimum Gasteiger partial charge on any atom is -0.349 e.